The van der Waals surface area contributed by atoms with Crippen molar-refractivity contribution in [2.75, 3.05) is 0 Å². The maximum Gasteiger partial charge on any atom is 0.573 e. The summed E-state index contributed by atoms with van der Waals surface area (Å²) in [7, 11) is 0. The van der Waals surface area contributed by atoms with Crippen LogP contribution in [0.25, 0.3) is 0 Å². The number of benzene rings is 3. The lowest BCUT2D eigenvalue weighted by Gasteiger charge is -2.30. The number of nitrogens with one attached hydrogen (secondary N) is 1. The first-order chi connectivity index (χ1) is 16.7. The Kier molecular flexibility index (Phi) is 8.76. The molecule has 2 unspecified atom stereocenters. The fourth-order valence-corrected chi connectivity index (χ4v) is 4.15. The van der Waals surface area contributed by atoms with Crippen LogP contribution >= 0.6 is 11.6 Å². The number of ether oxygens (including phenoxy) is 1. The Hall–Kier alpha value is -3.52. The minimum atomic E-state index is -4.81. The van der Waals surface area contributed by atoms with Gasteiger partial charge in [0.25, 0.3) is 0 Å². The first kappa shape index (κ1) is 26.1. The van der Waals surface area contributed by atoms with Crippen LogP contribution in [-0.2, 0) is 6.42 Å². The van der Waals surface area contributed by atoms with Gasteiger partial charge >= 0.3 is 6.36 Å². The maximum absolute atomic E-state index is 12.7. The molecule has 0 aliphatic rings. The molecule has 3 atom stereocenters. The van der Waals surface area contributed by atoms with Gasteiger partial charge in [0.2, 0.25) is 0 Å². The molecule has 1 N–H and O–H groups in total. The fourth-order valence-electron chi connectivity index (χ4n) is 4.02. The third-order valence-corrected chi connectivity index (χ3v) is 5.92. The molecule has 0 aliphatic carbocycles. The van der Waals surface area contributed by atoms with Crippen molar-refractivity contribution in [1.29, 1.82) is 10.5 Å². The largest absolute Gasteiger partial charge is 0.573 e. The predicted molar refractivity (Wildman–Crippen MR) is 128 cm³/mol. The number of nitrogens with zero attached hydrogens (tertiary/aromatic N) is 2. The molecule has 0 aliphatic heterocycles. The zero-order valence-corrected chi connectivity index (χ0v) is 19.6. The summed E-state index contributed by atoms with van der Waals surface area (Å²) in [5.41, 5.74) is 3.01. The average molecular weight is 498 g/mol. The van der Waals surface area contributed by atoms with E-state index in [1.165, 1.54) is 18.2 Å². The molecule has 35 heavy (non-hydrogen) atoms. The topological polar surface area (TPSA) is 68.8 Å². The Morgan fingerprint density at radius 2 is 1.66 bits per heavy atom. The SMILES string of the molecule is CC(N[C@@H](CC#N)c1cccc(OC(F)(F)F)c1)C(Cc1ccc(Cl)cc1)c1cccc(C#N)c1. The van der Waals surface area contributed by atoms with Crippen LogP contribution in [0.5, 0.6) is 5.75 Å². The summed E-state index contributed by atoms with van der Waals surface area (Å²) >= 11 is 6.03. The van der Waals surface area contributed by atoms with E-state index in [1.54, 1.807) is 12.1 Å². The molecule has 3 aromatic carbocycles. The van der Waals surface area contributed by atoms with Crippen LogP contribution in [0, 0.1) is 22.7 Å². The van der Waals surface area contributed by atoms with Gasteiger partial charge in [0.1, 0.15) is 5.75 Å². The highest BCUT2D eigenvalue weighted by atomic mass is 35.5. The molecule has 0 saturated carbocycles. The summed E-state index contributed by atoms with van der Waals surface area (Å²) in [6, 6.07) is 24.0. The van der Waals surface area contributed by atoms with Gasteiger partial charge in [-0.2, -0.15) is 10.5 Å². The van der Waals surface area contributed by atoms with E-state index in [-0.39, 0.29) is 24.1 Å². The van der Waals surface area contributed by atoms with Gasteiger partial charge in [0.15, 0.2) is 0 Å². The van der Waals surface area contributed by atoms with Crippen molar-refractivity contribution in [3.8, 4) is 17.9 Å². The van der Waals surface area contributed by atoms with Gasteiger partial charge in [-0.25, -0.2) is 0 Å². The van der Waals surface area contributed by atoms with Gasteiger partial charge in [0.05, 0.1) is 24.1 Å². The molecule has 4 nitrogen and oxygen atoms in total. The van der Waals surface area contributed by atoms with E-state index in [0.717, 1.165) is 11.1 Å². The summed E-state index contributed by atoms with van der Waals surface area (Å²) in [6.45, 7) is 1.96. The van der Waals surface area contributed by atoms with Gasteiger partial charge in [-0.1, -0.05) is 48.0 Å². The molecular formula is C27H23ClF3N3O. The molecule has 8 heteroatoms. The minimum Gasteiger partial charge on any atom is -0.406 e. The number of nitriles is 2. The average Bonchev–Trinajstić information content (AvgIpc) is 2.82. The first-order valence-corrected chi connectivity index (χ1v) is 11.3. The third kappa shape index (κ3) is 7.75. The highest BCUT2D eigenvalue weighted by Crippen LogP contribution is 2.30. The number of rotatable bonds is 9. The van der Waals surface area contributed by atoms with E-state index in [9.17, 15) is 23.7 Å². The summed E-state index contributed by atoms with van der Waals surface area (Å²) in [5.74, 6) is -0.438. The molecule has 0 fully saturated rings. The van der Waals surface area contributed by atoms with Crippen LogP contribution in [0.3, 0.4) is 0 Å². The minimum absolute atomic E-state index is 0.0473. The lowest BCUT2D eigenvalue weighted by atomic mass is 9.85. The summed E-state index contributed by atoms with van der Waals surface area (Å²) in [6.07, 6.45) is -4.14. The van der Waals surface area contributed by atoms with Crippen molar-refractivity contribution in [2.24, 2.45) is 0 Å². The second kappa shape index (κ2) is 11.8. The quantitative estimate of drug-likeness (QED) is 0.343. The fraction of sp³-hybridized carbons (Fsp3) is 0.259. The number of halogens is 4. The second-order valence-electron chi connectivity index (χ2n) is 8.16. The van der Waals surface area contributed by atoms with Crippen molar-refractivity contribution in [1.82, 2.24) is 5.32 Å². The maximum atomic E-state index is 12.7. The van der Waals surface area contributed by atoms with Gasteiger partial charge in [-0.15, -0.1) is 13.2 Å². The molecule has 180 valence electrons. The zero-order chi connectivity index (χ0) is 25.4. The van der Waals surface area contributed by atoms with Crippen LogP contribution in [0.1, 0.15) is 47.6 Å². The normalized spacial score (nSPS) is 13.8. The first-order valence-electron chi connectivity index (χ1n) is 10.9. The van der Waals surface area contributed by atoms with Crippen molar-refractivity contribution < 1.29 is 17.9 Å². The number of hydrogen-bond donors (Lipinski definition) is 1. The Labute approximate surface area is 207 Å². The lowest BCUT2D eigenvalue weighted by Crippen LogP contribution is -2.36. The second-order valence-corrected chi connectivity index (χ2v) is 8.60. The smallest absolute Gasteiger partial charge is 0.406 e. The molecule has 3 aromatic rings. The van der Waals surface area contributed by atoms with E-state index in [0.29, 0.717) is 22.6 Å². The Morgan fingerprint density at radius 3 is 2.31 bits per heavy atom. The molecular weight excluding hydrogens is 475 g/mol. The molecule has 0 bridgehead atoms. The van der Waals surface area contributed by atoms with E-state index < -0.39 is 12.4 Å². The van der Waals surface area contributed by atoms with Crippen molar-refractivity contribution in [2.45, 2.75) is 44.1 Å². The Morgan fingerprint density at radius 1 is 0.971 bits per heavy atom. The predicted octanol–water partition coefficient (Wildman–Crippen LogP) is 7.07. The van der Waals surface area contributed by atoms with Crippen molar-refractivity contribution in [3.05, 3.63) is 100 Å². The standard InChI is InChI=1S/C27H23ClF3N3O/c1-18(34-26(12-13-32)22-6-3-7-24(16-22)35-27(29,30)31)25(15-19-8-10-23(28)11-9-19)21-5-2-4-20(14-21)17-33/h2-11,14,16,18,25-26,34H,12,15H2,1H3/t18?,25?,26-/m0/s1. The van der Waals surface area contributed by atoms with Gasteiger partial charge in [0, 0.05) is 23.0 Å². The van der Waals surface area contributed by atoms with Crippen molar-refractivity contribution >= 4 is 11.6 Å². The third-order valence-electron chi connectivity index (χ3n) is 5.67. The molecule has 3 rings (SSSR count). The molecule has 0 radical (unpaired) electrons. The number of hydrogen-bond acceptors (Lipinski definition) is 4. The summed E-state index contributed by atoms with van der Waals surface area (Å²) in [4.78, 5) is 0. The molecule has 0 heterocycles. The van der Waals surface area contributed by atoms with Crippen LogP contribution in [0.4, 0.5) is 13.2 Å². The van der Waals surface area contributed by atoms with Crippen LogP contribution in [-0.4, -0.2) is 12.4 Å². The molecule has 0 saturated heterocycles. The molecule has 0 spiro atoms. The van der Waals surface area contributed by atoms with Crippen LogP contribution in [0.15, 0.2) is 72.8 Å². The Bertz CT molecular complexity index is 1220. The molecule has 0 aromatic heterocycles. The van der Waals surface area contributed by atoms with E-state index in [1.807, 2.05) is 49.4 Å². The summed E-state index contributed by atoms with van der Waals surface area (Å²) < 4.78 is 42.1. The van der Waals surface area contributed by atoms with Crippen LogP contribution in [0.2, 0.25) is 5.02 Å². The van der Waals surface area contributed by atoms with Crippen LogP contribution < -0.4 is 10.1 Å². The zero-order valence-electron chi connectivity index (χ0n) is 18.9. The van der Waals surface area contributed by atoms with Gasteiger partial charge in [-0.3, -0.25) is 0 Å². The van der Waals surface area contributed by atoms with Gasteiger partial charge < -0.3 is 10.1 Å². The monoisotopic (exact) mass is 497 g/mol. The van der Waals surface area contributed by atoms with Crippen molar-refractivity contribution in [3.63, 3.8) is 0 Å². The lowest BCUT2D eigenvalue weighted by molar-refractivity contribution is -0.274. The van der Waals surface area contributed by atoms with Gasteiger partial charge in [-0.05, 0) is 66.4 Å². The number of alkyl halides is 3. The Balaban J connectivity index is 1.91. The highest BCUT2D eigenvalue weighted by Gasteiger charge is 2.31. The van der Waals surface area contributed by atoms with E-state index in [4.69, 9.17) is 11.6 Å². The highest BCUT2D eigenvalue weighted by molar-refractivity contribution is 6.30. The van der Waals surface area contributed by atoms with E-state index in [2.05, 4.69) is 22.2 Å². The summed E-state index contributed by atoms with van der Waals surface area (Å²) in [5, 5.41) is 22.8. The molecule has 0 amide bonds. The van der Waals surface area contributed by atoms with E-state index >= 15 is 0 Å².